The van der Waals surface area contributed by atoms with Crippen molar-refractivity contribution in [1.29, 1.82) is 0 Å². The lowest BCUT2D eigenvalue weighted by Gasteiger charge is -2.34. The SMILES string of the molecule is CCOc1nc(N2CCCC(CN(C)C)C2)ncc1C(=O)Nc1cc(F)c2nc(C)cn2c1. The van der Waals surface area contributed by atoms with Gasteiger partial charge in [-0.05, 0) is 46.7 Å². The highest BCUT2D eigenvalue weighted by Crippen LogP contribution is 2.25. The highest BCUT2D eigenvalue weighted by Gasteiger charge is 2.24. The summed E-state index contributed by atoms with van der Waals surface area (Å²) in [5.41, 5.74) is 1.40. The summed E-state index contributed by atoms with van der Waals surface area (Å²) in [7, 11) is 4.15. The number of pyridine rings is 1. The van der Waals surface area contributed by atoms with Crippen LogP contribution in [0.3, 0.4) is 0 Å². The van der Waals surface area contributed by atoms with Crippen molar-refractivity contribution in [3.05, 3.63) is 41.7 Å². The number of piperidine rings is 1. The highest BCUT2D eigenvalue weighted by atomic mass is 19.1. The number of aromatic nitrogens is 4. The summed E-state index contributed by atoms with van der Waals surface area (Å²) in [5, 5.41) is 2.72. The van der Waals surface area contributed by atoms with E-state index in [1.54, 1.807) is 23.7 Å². The van der Waals surface area contributed by atoms with Crippen LogP contribution in [0.25, 0.3) is 5.65 Å². The molecule has 1 aliphatic heterocycles. The molecule has 33 heavy (non-hydrogen) atoms. The molecule has 0 radical (unpaired) electrons. The van der Waals surface area contributed by atoms with E-state index in [-0.39, 0.29) is 17.1 Å². The normalized spacial score (nSPS) is 16.4. The molecule has 1 aliphatic rings. The van der Waals surface area contributed by atoms with Gasteiger partial charge in [-0.1, -0.05) is 0 Å². The summed E-state index contributed by atoms with van der Waals surface area (Å²) in [5.74, 6) is 0.321. The van der Waals surface area contributed by atoms with Crippen LogP contribution in [0.15, 0.2) is 24.7 Å². The number of amides is 1. The number of carbonyl (C=O) groups is 1. The van der Waals surface area contributed by atoms with Crippen molar-refractivity contribution in [1.82, 2.24) is 24.3 Å². The lowest BCUT2D eigenvalue weighted by molar-refractivity contribution is 0.102. The van der Waals surface area contributed by atoms with Crippen molar-refractivity contribution in [2.45, 2.75) is 26.7 Å². The van der Waals surface area contributed by atoms with Gasteiger partial charge in [0.05, 0.1) is 18.0 Å². The molecule has 0 bridgehead atoms. The molecule has 4 rings (SSSR count). The topological polar surface area (TPSA) is 87.9 Å². The lowest BCUT2D eigenvalue weighted by Crippen LogP contribution is -2.40. The highest BCUT2D eigenvalue weighted by molar-refractivity contribution is 6.05. The number of nitrogens with zero attached hydrogens (tertiary/aromatic N) is 6. The number of aryl methyl sites for hydroxylation is 1. The van der Waals surface area contributed by atoms with Gasteiger partial charge in [0.25, 0.3) is 5.91 Å². The van der Waals surface area contributed by atoms with Gasteiger partial charge in [0, 0.05) is 44.3 Å². The number of nitrogens with one attached hydrogen (secondary N) is 1. The second-order valence-electron chi connectivity index (χ2n) is 8.68. The number of ether oxygens (including phenoxy) is 1. The maximum absolute atomic E-state index is 14.4. The Morgan fingerprint density at radius 3 is 2.91 bits per heavy atom. The van der Waals surface area contributed by atoms with E-state index in [0.29, 0.717) is 29.9 Å². The third-order valence-corrected chi connectivity index (χ3v) is 5.58. The van der Waals surface area contributed by atoms with Gasteiger partial charge in [-0.3, -0.25) is 4.79 Å². The molecule has 0 saturated carbocycles. The first-order valence-corrected chi connectivity index (χ1v) is 11.2. The molecule has 1 amide bonds. The molecular weight excluding hydrogens is 425 g/mol. The predicted molar refractivity (Wildman–Crippen MR) is 125 cm³/mol. The van der Waals surface area contributed by atoms with Crippen LogP contribution in [0.5, 0.6) is 5.88 Å². The fourth-order valence-electron chi connectivity index (χ4n) is 4.27. The molecule has 9 nitrogen and oxygen atoms in total. The van der Waals surface area contributed by atoms with Crippen molar-refractivity contribution in [3.63, 3.8) is 0 Å². The minimum absolute atomic E-state index is 0.199. The van der Waals surface area contributed by atoms with Crippen LogP contribution in [0.4, 0.5) is 16.0 Å². The van der Waals surface area contributed by atoms with Gasteiger partial charge in [-0.25, -0.2) is 14.4 Å². The number of carbonyl (C=O) groups excluding carboxylic acids is 1. The van der Waals surface area contributed by atoms with E-state index in [1.807, 2.05) is 6.92 Å². The van der Waals surface area contributed by atoms with Crippen LogP contribution in [-0.4, -0.2) is 70.5 Å². The van der Waals surface area contributed by atoms with Crippen LogP contribution in [0.1, 0.15) is 35.8 Å². The molecular formula is C23H30FN7O2. The molecule has 1 atom stereocenters. The molecule has 3 aromatic heterocycles. The molecule has 1 N–H and O–H groups in total. The maximum atomic E-state index is 14.4. The smallest absolute Gasteiger partial charge is 0.262 e. The second kappa shape index (κ2) is 9.70. The van der Waals surface area contributed by atoms with E-state index in [1.165, 1.54) is 18.7 Å². The summed E-state index contributed by atoms with van der Waals surface area (Å²) < 4.78 is 21.6. The second-order valence-corrected chi connectivity index (χ2v) is 8.68. The Bertz CT molecular complexity index is 1150. The zero-order chi connectivity index (χ0) is 23.5. The van der Waals surface area contributed by atoms with Crippen molar-refractivity contribution >= 4 is 23.2 Å². The number of hydrogen-bond acceptors (Lipinski definition) is 7. The van der Waals surface area contributed by atoms with Crippen molar-refractivity contribution in [2.75, 3.05) is 50.6 Å². The lowest BCUT2D eigenvalue weighted by atomic mass is 9.98. The van der Waals surface area contributed by atoms with E-state index in [9.17, 15) is 9.18 Å². The number of halogens is 1. The monoisotopic (exact) mass is 455 g/mol. The van der Waals surface area contributed by atoms with Gasteiger partial charge in [0.1, 0.15) is 5.56 Å². The summed E-state index contributed by atoms with van der Waals surface area (Å²) in [6, 6.07) is 1.24. The average molecular weight is 456 g/mol. The van der Waals surface area contributed by atoms with Crippen molar-refractivity contribution < 1.29 is 13.9 Å². The Morgan fingerprint density at radius 2 is 2.15 bits per heavy atom. The Morgan fingerprint density at radius 1 is 1.33 bits per heavy atom. The van der Waals surface area contributed by atoms with Crippen LogP contribution in [0, 0.1) is 18.7 Å². The molecule has 1 saturated heterocycles. The fraction of sp³-hybridized carbons (Fsp3) is 0.478. The molecule has 0 spiro atoms. The summed E-state index contributed by atoms with van der Waals surface area (Å²) >= 11 is 0. The quantitative estimate of drug-likeness (QED) is 0.586. The number of anilines is 2. The Labute approximate surface area is 192 Å². The van der Waals surface area contributed by atoms with Gasteiger partial charge >= 0.3 is 0 Å². The molecule has 4 heterocycles. The Balaban J connectivity index is 1.55. The molecule has 10 heteroatoms. The first-order valence-electron chi connectivity index (χ1n) is 11.2. The van der Waals surface area contributed by atoms with Crippen molar-refractivity contribution in [2.24, 2.45) is 5.92 Å². The number of fused-ring (bicyclic) bond motifs is 1. The van der Waals surface area contributed by atoms with Crippen LogP contribution >= 0.6 is 0 Å². The van der Waals surface area contributed by atoms with Crippen LogP contribution in [-0.2, 0) is 0 Å². The molecule has 1 unspecified atom stereocenters. The average Bonchev–Trinajstić information content (AvgIpc) is 3.14. The van der Waals surface area contributed by atoms with Gasteiger partial charge < -0.3 is 24.3 Å². The first-order chi connectivity index (χ1) is 15.8. The summed E-state index contributed by atoms with van der Waals surface area (Å²) in [4.78, 5) is 30.5. The number of rotatable bonds is 7. The standard InChI is InChI=1S/C23H30FN7O2/c1-5-33-22-18(10-25-23(28-22)30-8-6-7-16(13-30)12-29(3)4)21(32)27-17-9-19(24)20-26-15(2)11-31(20)14-17/h9-11,14,16H,5-8,12-13H2,1-4H3,(H,27,32). The largest absolute Gasteiger partial charge is 0.477 e. The maximum Gasteiger partial charge on any atom is 0.262 e. The van der Waals surface area contributed by atoms with Crippen LogP contribution < -0.4 is 15.0 Å². The molecule has 176 valence electrons. The number of hydrogen-bond donors (Lipinski definition) is 1. The van der Waals surface area contributed by atoms with Gasteiger partial charge in [0.15, 0.2) is 11.5 Å². The zero-order valence-electron chi connectivity index (χ0n) is 19.5. The zero-order valence-corrected chi connectivity index (χ0v) is 19.5. The predicted octanol–water partition coefficient (Wildman–Crippen LogP) is 3.00. The summed E-state index contributed by atoms with van der Waals surface area (Å²) in [6.45, 7) is 6.70. The Kier molecular flexibility index (Phi) is 6.73. The van der Waals surface area contributed by atoms with Gasteiger partial charge in [0.2, 0.25) is 11.8 Å². The van der Waals surface area contributed by atoms with Crippen LogP contribution in [0.2, 0.25) is 0 Å². The van der Waals surface area contributed by atoms with E-state index in [4.69, 9.17) is 4.74 Å². The van der Waals surface area contributed by atoms with E-state index in [2.05, 4.69) is 44.2 Å². The third-order valence-electron chi connectivity index (χ3n) is 5.58. The minimum atomic E-state index is -0.519. The van der Waals surface area contributed by atoms with E-state index < -0.39 is 11.7 Å². The third kappa shape index (κ3) is 5.22. The van der Waals surface area contributed by atoms with E-state index >= 15 is 0 Å². The van der Waals surface area contributed by atoms with E-state index in [0.717, 1.165) is 26.1 Å². The molecule has 1 fully saturated rings. The van der Waals surface area contributed by atoms with Crippen molar-refractivity contribution in [3.8, 4) is 5.88 Å². The van der Waals surface area contributed by atoms with Gasteiger partial charge in [-0.2, -0.15) is 4.98 Å². The minimum Gasteiger partial charge on any atom is -0.477 e. The first kappa shape index (κ1) is 22.9. The van der Waals surface area contributed by atoms with Gasteiger partial charge in [-0.15, -0.1) is 0 Å². The summed E-state index contributed by atoms with van der Waals surface area (Å²) in [6.07, 6.45) is 7.03. The molecule has 0 aliphatic carbocycles. The molecule has 3 aromatic rings. The molecule has 0 aromatic carbocycles. The number of imidazole rings is 1. The fourth-order valence-corrected chi connectivity index (χ4v) is 4.27. The Hall–Kier alpha value is -3.27.